The molecule has 2 rings (SSSR count). The molecule has 1 saturated carbocycles. The van der Waals surface area contributed by atoms with Crippen LogP contribution in [-0.4, -0.2) is 49.3 Å². The van der Waals surface area contributed by atoms with Gasteiger partial charge in [0.05, 0.1) is 6.10 Å². The Balaban J connectivity index is 1.91. The molecule has 1 aliphatic heterocycles. The van der Waals surface area contributed by atoms with Crippen LogP contribution in [0.15, 0.2) is 0 Å². The van der Waals surface area contributed by atoms with Crippen LogP contribution in [0.25, 0.3) is 0 Å². The normalized spacial score (nSPS) is 33.5. The first kappa shape index (κ1) is 14.3. The van der Waals surface area contributed by atoms with Gasteiger partial charge in [-0.1, -0.05) is 0 Å². The maximum atomic E-state index is 5.58. The largest absolute Gasteiger partial charge is 0.381 e. The minimum absolute atomic E-state index is 0.488. The van der Waals surface area contributed by atoms with Crippen molar-refractivity contribution in [3.05, 3.63) is 0 Å². The molecule has 3 atom stereocenters. The molecule has 18 heavy (non-hydrogen) atoms. The number of methoxy groups -OCH3 is 1. The molecule has 1 aliphatic carbocycles. The Bertz CT molecular complexity index is 239. The molecule has 2 aliphatic rings. The van der Waals surface area contributed by atoms with Crippen LogP contribution in [0.5, 0.6) is 0 Å². The SMILES string of the molecule is COC1CCCC(N(CC2CCCN2)C(C)C)C1. The van der Waals surface area contributed by atoms with E-state index in [1.165, 1.54) is 51.6 Å². The molecule has 0 spiro atoms. The van der Waals surface area contributed by atoms with Gasteiger partial charge in [-0.2, -0.15) is 0 Å². The van der Waals surface area contributed by atoms with Crippen molar-refractivity contribution in [1.29, 1.82) is 0 Å². The number of nitrogens with one attached hydrogen (secondary N) is 1. The number of ether oxygens (including phenoxy) is 1. The molecular weight excluding hydrogens is 224 g/mol. The minimum atomic E-state index is 0.488. The predicted octanol–water partition coefficient (Wildman–Crippen LogP) is 2.41. The van der Waals surface area contributed by atoms with E-state index in [-0.39, 0.29) is 0 Å². The molecular formula is C15H30N2O. The van der Waals surface area contributed by atoms with Gasteiger partial charge in [0, 0.05) is 31.8 Å². The van der Waals surface area contributed by atoms with Gasteiger partial charge < -0.3 is 10.1 Å². The summed E-state index contributed by atoms with van der Waals surface area (Å²) in [4.78, 5) is 2.72. The Labute approximate surface area is 112 Å². The Kier molecular flexibility index (Phi) is 5.46. The molecule has 3 unspecified atom stereocenters. The lowest BCUT2D eigenvalue weighted by atomic mass is 9.90. The summed E-state index contributed by atoms with van der Waals surface area (Å²) in [5, 5.41) is 3.63. The first-order valence-corrected chi connectivity index (χ1v) is 7.72. The van der Waals surface area contributed by atoms with Gasteiger partial charge in [-0.25, -0.2) is 0 Å². The van der Waals surface area contributed by atoms with Crippen LogP contribution >= 0.6 is 0 Å². The molecule has 0 aromatic rings. The summed E-state index contributed by atoms with van der Waals surface area (Å²) in [6.45, 7) is 7.11. The Morgan fingerprint density at radius 3 is 2.67 bits per heavy atom. The zero-order chi connectivity index (χ0) is 13.0. The number of hydrogen-bond donors (Lipinski definition) is 1. The first-order valence-electron chi connectivity index (χ1n) is 7.72. The minimum Gasteiger partial charge on any atom is -0.381 e. The van der Waals surface area contributed by atoms with Crippen molar-refractivity contribution in [2.45, 2.75) is 76.6 Å². The van der Waals surface area contributed by atoms with E-state index in [9.17, 15) is 0 Å². The van der Waals surface area contributed by atoms with E-state index in [4.69, 9.17) is 4.74 Å². The molecule has 1 saturated heterocycles. The molecule has 1 heterocycles. The van der Waals surface area contributed by atoms with Crippen LogP contribution in [0.3, 0.4) is 0 Å². The van der Waals surface area contributed by atoms with E-state index in [1.54, 1.807) is 0 Å². The molecule has 106 valence electrons. The summed E-state index contributed by atoms with van der Waals surface area (Å²) >= 11 is 0. The van der Waals surface area contributed by atoms with Gasteiger partial charge in [-0.3, -0.25) is 4.90 Å². The summed E-state index contributed by atoms with van der Waals surface area (Å²) in [6.07, 6.45) is 8.34. The topological polar surface area (TPSA) is 24.5 Å². The van der Waals surface area contributed by atoms with E-state index in [0.717, 1.165) is 12.1 Å². The van der Waals surface area contributed by atoms with Crippen LogP contribution in [0.1, 0.15) is 52.4 Å². The van der Waals surface area contributed by atoms with Crippen molar-refractivity contribution in [2.75, 3.05) is 20.2 Å². The average Bonchev–Trinajstić information content (AvgIpc) is 2.88. The highest BCUT2D eigenvalue weighted by Gasteiger charge is 2.30. The lowest BCUT2D eigenvalue weighted by Gasteiger charge is -2.40. The molecule has 0 bridgehead atoms. The highest BCUT2D eigenvalue weighted by atomic mass is 16.5. The van der Waals surface area contributed by atoms with E-state index in [1.807, 2.05) is 7.11 Å². The molecule has 0 aromatic carbocycles. The van der Waals surface area contributed by atoms with Crippen LogP contribution in [0.4, 0.5) is 0 Å². The van der Waals surface area contributed by atoms with E-state index >= 15 is 0 Å². The molecule has 3 nitrogen and oxygen atoms in total. The third-order valence-corrected chi connectivity index (χ3v) is 4.66. The highest BCUT2D eigenvalue weighted by Crippen LogP contribution is 2.27. The van der Waals surface area contributed by atoms with E-state index < -0.39 is 0 Å². The molecule has 2 fully saturated rings. The number of rotatable bonds is 5. The smallest absolute Gasteiger partial charge is 0.0586 e. The first-order chi connectivity index (χ1) is 8.70. The van der Waals surface area contributed by atoms with Gasteiger partial charge in [0.15, 0.2) is 0 Å². The second-order valence-electron chi connectivity index (χ2n) is 6.26. The lowest BCUT2D eigenvalue weighted by molar-refractivity contribution is 0.0161. The van der Waals surface area contributed by atoms with Gasteiger partial charge in [-0.15, -0.1) is 0 Å². The Morgan fingerprint density at radius 2 is 2.06 bits per heavy atom. The van der Waals surface area contributed by atoms with Crippen LogP contribution in [0.2, 0.25) is 0 Å². The Hall–Kier alpha value is -0.120. The fourth-order valence-electron chi connectivity index (χ4n) is 3.58. The zero-order valence-corrected chi connectivity index (χ0v) is 12.3. The summed E-state index contributed by atoms with van der Waals surface area (Å²) in [5.41, 5.74) is 0. The average molecular weight is 254 g/mol. The van der Waals surface area contributed by atoms with Crippen molar-refractivity contribution in [1.82, 2.24) is 10.2 Å². The molecule has 1 N–H and O–H groups in total. The summed E-state index contributed by atoms with van der Waals surface area (Å²) < 4.78 is 5.58. The standard InChI is InChI=1S/C15H30N2O/c1-12(2)17(11-13-6-5-9-16-13)14-7-4-8-15(10-14)18-3/h12-16H,4-11H2,1-3H3. The molecule has 0 radical (unpaired) electrons. The molecule has 0 amide bonds. The highest BCUT2D eigenvalue weighted by molar-refractivity contribution is 4.86. The lowest BCUT2D eigenvalue weighted by Crippen LogP contribution is -2.49. The van der Waals surface area contributed by atoms with Crippen molar-refractivity contribution in [3.8, 4) is 0 Å². The van der Waals surface area contributed by atoms with Crippen LogP contribution in [-0.2, 0) is 4.74 Å². The van der Waals surface area contributed by atoms with Gasteiger partial charge in [0.2, 0.25) is 0 Å². The third-order valence-electron chi connectivity index (χ3n) is 4.66. The number of hydrogen-bond acceptors (Lipinski definition) is 3. The van der Waals surface area contributed by atoms with E-state index in [2.05, 4.69) is 24.1 Å². The van der Waals surface area contributed by atoms with E-state index in [0.29, 0.717) is 12.1 Å². The molecule has 3 heteroatoms. The van der Waals surface area contributed by atoms with Crippen LogP contribution < -0.4 is 5.32 Å². The van der Waals surface area contributed by atoms with Crippen molar-refractivity contribution in [3.63, 3.8) is 0 Å². The van der Waals surface area contributed by atoms with Gasteiger partial charge in [0.1, 0.15) is 0 Å². The maximum Gasteiger partial charge on any atom is 0.0586 e. The van der Waals surface area contributed by atoms with Gasteiger partial charge in [-0.05, 0) is 58.9 Å². The fourth-order valence-corrected chi connectivity index (χ4v) is 3.58. The van der Waals surface area contributed by atoms with Crippen molar-refractivity contribution >= 4 is 0 Å². The second-order valence-corrected chi connectivity index (χ2v) is 6.26. The predicted molar refractivity (Wildman–Crippen MR) is 75.9 cm³/mol. The zero-order valence-electron chi connectivity index (χ0n) is 12.3. The van der Waals surface area contributed by atoms with Crippen molar-refractivity contribution < 1.29 is 4.74 Å². The quantitative estimate of drug-likeness (QED) is 0.815. The summed E-state index contributed by atoms with van der Waals surface area (Å²) in [7, 11) is 1.87. The summed E-state index contributed by atoms with van der Waals surface area (Å²) in [6, 6.07) is 2.09. The third kappa shape index (κ3) is 3.69. The van der Waals surface area contributed by atoms with Gasteiger partial charge >= 0.3 is 0 Å². The van der Waals surface area contributed by atoms with Crippen molar-refractivity contribution in [2.24, 2.45) is 0 Å². The molecule has 0 aromatic heterocycles. The summed E-state index contributed by atoms with van der Waals surface area (Å²) in [5.74, 6) is 0. The Morgan fingerprint density at radius 1 is 1.22 bits per heavy atom. The van der Waals surface area contributed by atoms with Crippen LogP contribution in [0, 0.1) is 0 Å². The maximum absolute atomic E-state index is 5.58. The number of nitrogens with zero attached hydrogens (tertiary/aromatic N) is 1. The monoisotopic (exact) mass is 254 g/mol. The second kappa shape index (κ2) is 6.88. The van der Waals surface area contributed by atoms with Gasteiger partial charge in [0.25, 0.3) is 0 Å². The fraction of sp³-hybridized carbons (Fsp3) is 1.00.